The molecule has 6 heteroatoms. The van der Waals surface area contributed by atoms with Crippen molar-refractivity contribution in [2.75, 3.05) is 18.9 Å². The van der Waals surface area contributed by atoms with Crippen LogP contribution in [0.25, 0.3) is 11.0 Å². The normalized spacial score (nSPS) is 20.6. The number of hydrogen-bond acceptors (Lipinski definition) is 4. The molecule has 3 heterocycles. The zero-order valence-electron chi connectivity index (χ0n) is 9.48. The Morgan fingerprint density at radius 3 is 3.24 bits per heavy atom. The summed E-state index contributed by atoms with van der Waals surface area (Å²) in [5, 5.41) is 9.15. The van der Waals surface area contributed by atoms with Gasteiger partial charge in [-0.3, -0.25) is 10.6 Å². The van der Waals surface area contributed by atoms with Gasteiger partial charge in [0, 0.05) is 30.9 Å². The first-order valence-electron chi connectivity index (χ1n) is 5.77. The summed E-state index contributed by atoms with van der Waals surface area (Å²) in [4.78, 5) is 12.6. The van der Waals surface area contributed by atoms with Crippen molar-refractivity contribution in [3.05, 3.63) is 18.0 Å². The lowest BCUT2D eigenvalue weighted by Crippen LogP contribution is -2.48. The lowest BCUT2D eigenvalue weighted by Gasteiger charge is -2.39. The largest absolute Gasteiger partial charge is 0.395 e. The van der Waals surface area contributed by atoms with E-state index in [9.17, 15) is 0 Å². The average Bonchev–Trinajstić information content (AvgIpc) is 2.67. The van der Waals surface area contributed by atoms with E-state index in [4.69, 9.17) is 10.8 Å². The highest BCUT2D eigenvalue weighted by atomic mass is 16.3. The Morgan fingerprint density at radius 1 is 1.65 bits per heavy atom. The maximum atomic E-state index is 9.15. The molecule has 1 fully saturated rings. The Hall–Kier alpha value is -1.66. The molecule has 0 aromatic carbocycles. The Labute approximate surface area is 98.5 Å². The van der Waals surface area contributed by atoms with Gasteiger partial charge in [-0.1, -0.05) is 4.98 Å². The Balaban J connectivity index is 1.87. The lowest BCUT2D eigenvalue weighted by atomic mass is 10.0. The maximum absolute atomic E-state index is 9.15. The van der Waals surface area contributed by atoms with Gasteiger partial charge in [-0.15, -0.1) is 0 Å². The van der Waals surface area contributed by atoms with Gasteiger partial charge in [0.1, 0.15) is 5.52 Å². The first-order valence-corrected chi connectivity index (χ1v) is 5.77. The first-order chi connectivity index (χ1) is 8.28. The van der Waals surface area contributed by atoms with Gasteiger partial charge in [0.2, 0.25) is 0 Å². The van der Waals surface area contributed by atoms with Gasteiger partial charge in [0.15, 0.2) is 5.52 Å². The van der Waals surface area contributed by atoms with Crippen molar-refractivity contribution in [2.45, 2.75) is 19.0 Å². The van der Waals surface area contributed by atoms with Gasteiger partial charge in [0.05, 0.1) is 12.8 Å². The Morgan fingerprint density at radius 2 is 2.53 bits per heavy atom. The van der Waals surface area contributed by atoms with Crippen LogP contribution in [0.1, 0.15) is 12.0 Å². The third-order valence-corrected chi connectivity index (χ3v) is 3.41. The van der Waals surface area contributed by atoms with E-state index in [0.29, 0.717) is 12.0 Å². The highest BCUT2D eigenvalue weighted by Crippen LogP contribution is 2.23. The number of aliphatic hydroxyl groups is 1. The molecule has 6 nitrogen and oxygen atoms in total. The number of aliphatic hydroxyl groups excluding tert-OH is 1. The molecule has 0 aliphatic carbocycles. The van der Waals surface area contributed by atoms with Crippen LogP contribution >= 0.6 is 0 Å². The van der Waals surface area contributed by atoms with E-state index in [1.165, 1.54) is 0 Å². The van der Waals surface area contributed by atoms with Crippen LogP contribution in [0.4, 0.5) is 5.95 Å². The van der Waals surface area contributed by atoms with Crippen molar-refractivity contribution >= 4 is 17.0 Å². The SMILES string of the molecule is Nc1nc2c(CN3CC[C@H]3CO)c[nH]c2c[nH+]1. The van der Waals surface area contributed by atoms with Crippen molar-refractivity contribution in [3.8, 4) is 0 Å². The molecule has 0 saturated carbocycles. The number of aromatic nitrogens is 3. The number of nitrogens with zero attached hydrogens (tertiary/aromatic N) is 2. The summed E-state index contributed by atoms with van der Waals surface area (Å²) in [7, 11) is 0. The summed E-state index contributed by atoms with van der Waals surface area (Å²) < 4.78 is 0. The number of H-pyrrole nitrogens is 2. The fourth-order valence-corrected chi connectivity index (χ4v) is 2.26. The van der Waals surface area contributed by atoms with Crippen LogP contribution in [0.3, 0.4) is 0 Å². The Bertz CT molecular complexity index is 536. The molecule has 17 heavy (non-hydrogen) atoms. The number of nitrogen functional groups attached to an aromatic ring is 1. The first kappa shape index (κ1) is 10.5. The van der Waals surface area contributed by atoms with Crippen LogP contribution in [0, 0.1) is 0 Å². The average molecular weight is 234 g/mol. The number of nitrogens with two attached hydrogens (primary N) is 1. The molecule has 2 aromatic heterocycles. The molecular weight excluding hydrogens is 218 g/mol. The standard InChI is InChI=1S/C11H15N5O/c12-11-14-4-9-10(15-11)7(3-13-9)5-16-2-1-8(16)6-17/h3-4,8,13,17H,1-2,5-6H2,(H2,12,14,15)/p+1/t8-/m0/s1. The van der Waals surface area contributed by atoms with E-state index in [1.807, 2.05) is 12.4 Å². The van der Waals surface area contributed by atoms with Crippen molar-refractivity contribution < 1.29 is 10.1 Å². The number of rotatable bonds is 3. The number of aromatic amines is 2. The monoisotopic (exact) mass is 234 g/mol. The third-order valence-electron chi connectivity index (χ3n) is 3.41. The summed E-state index contributed by atoms with van der Waals surface area (Å²) in [5.74, 6) is 0.417. The molecule has 5 N–H and O–H groups in total. The van der Waals surface area contributed by atoms with E-state index >= 15 is 0 Å². The third kappa shape index (κ3) is 1.75. The number of hydrogen-bond donors (Lipinski definition) is 3. The highest BCUT2D eigenvalue weighted by Gasteiger charge is 2.28. The van der Waals surface area contributed by atoms with E-state index in [2.05, 4.69) is 19.9 Å². The fraction of sp³-hybridized carbons (Fsp3) is 0.455. The number of nitrogens with one attached hydrogen (secondary N) is 2. The second kappa shape index (κ2) is 3.97. The van der Waals surface area contributed by atoms with Crippen LogP contribution in [-0.4, -0.2) is 39.2 Å². The second-order valence-corrected chi connectivity index (χ2v) is 4.46. The molecule has 1 aliphatic heterocycles. The molecule has 3 rings (SSSR count). The minimum Gasteiger partial charge on any atom is -0.395 e. The molecule has 1 aliphatic rings. The van der Waals surface area contributed by atoms with E-state index in [-0.39, 0.29) is 6.61 Å². The van der Waals surface area contributed by atoms with Crippen molar-refractivity contribution in [2.24, 2.45) is 0 Å². The molecule has 0 bridgehead atoms. The van der Waals surface area contributed by atoms with Crippen molar-refractivity contribution in [3.63, 3.8) is 0 Å². The quantitative estimate of drug-likeness (QED) is 0.669. The topological polar surface area (TPSA) is 92.3 Å². The van der Waals surface area contributed by atoms with Gasteiger partial charge < -0.3 is 10.1 Å². The minimum absolute atomic E-state index is 0.228. The number of fused-ring (bicyclic) bond motifs is 1. The van der Waals surface area contributed by atoms with Crippen molar-refractivity contribution in [1.82, 2.24) is 14.9 Å². The van der Waals surface area contributed by atoms with E-state index < -0.39 is 0 Å². The van der Waals surface area contributed by atoms with E-state index in [0.717, 1.165) is 36.1 Å². The van der Waals surface area contributed by atoms with Gasteiger partial charge in [-0.2, -0.15) is 0 Å². The summed E-state index contributed by atoms with van der Waals surface area (Å²) in [5.41, 5.74) is 8.63. The van der Waals surface area contributed by atoms with Crippen LogP contribution in [-0.2, 0) is 6.54 Å². The van der Waals surface area contributed by atoms with Crippen LogP contribution < -0.4 is 10.7 Å². The van der Waals surface area contributed by atoms with Crippen LogP contribution in [0.5, 0.6) is 0 Å². The van der Waals surface area contributed by atoms with Gasteiger partial charge in [-0.25, -0.2) is 4.98 Å². The predicted molar refractivity (Wildman–Crippen MR) is 63.0 cm³/mol. The molecule has 0 radical (unpaired) electrons. The molecular formula is C11H16N5O+. The summed E-state index contributed by atoms with van der Waals surface area (Å²) in [6.07, 6.45) is 4.85. The smallest absolute Gasteiger partial charge is 0.387 e. The Kier molecular flexibility index (Phi) is 2.45. The van der Waals surface area contributed by atoms with E-state index in [1.54, 1.807) is 0 Å². The fourth-order valence-electron chi connectivity index (χ4n) is 2.26. The molecule has 0 unspecified atom stereocenters. The molecule has 0 amide bonds. The summed E-state index contributed by atoms with van der Waals surface area (Å²) in [6, 6.07) is 0.299. The molecule has 90 valence electrons. The van der Waals surface area contributed by atoms with Gasteiger partial charge in [-0.05, 0) is 6.42 Å². The molecule has 1 atom stereocenters. The number of anilines is 1. The van der Waals surface area contributed by atoms with Gasteiger partial charge >= 0.3 is 5.95 Å². The second-order valence-electron chi connectivity index (χ2n) is 4.46. The van der Waals surface area contributed by atoms with Crippen LogP contribution in [0.2, 0.25) is 0 Å². The summed E-state index contributed by atoms with van der Waals surface area (Å²) in [6.45, 7) is 2.07. The zero-order chi connectivity index (χ0) is 11.8. The predicted octanol–water partition coefficient (Wildman–Crippen LogP) is -0.474. The zero-order valence-corrected chi connectivity index (χ0v) is 9.48. The minimum atomic E-state index is 0.228. The molecule has 0 spiro atoms. The lowest BCUT2D eigenvalue weighted by molar-refractivity contribution is -0.362. The van der Waals surface area contributed by atoms with Crippen molar-refractivity contribution in [1.29, 1.82) is 0 Å². The molecule has 2 aromatic rings. The van der Waals surface area contributed by atoms with Crippen LogP contribution in [0.15, 0.2) is 12.4 Å². The summed E-state index contributed by atoms with van der Waals surface area (Å²) >= 11 is 0. The van der Waals surface area contributed by atoms with Gasteiger partial charge in [0.25, 0.3) is 0 Å². The maximum Gasteiger partial charge on any atom is 0.387 e. The highest BCUT2D eigenvalue weighted by molar-refractivity contribution is 5.77. The number of likely N-dealkylation sites (tertiary alicyclic amines) is 1. The molecule has 1 saturated heterocycles.